The topological polar surface area (TPSA) is 58.9 Å². The van der Waals surface area contributed by atoms with Gasteiger partial charge >= 0.3 is 12.0 Å². The number of rotatable bonds is 1. The van der Waals surface area contributed by atoms with Crippen LogP contribution in [-0.4, -0.2) is 0 Å². The van der Waals surface area contributed by atoms with Crippen molar-refractivity contribution in [2.24, 2.45) is 0 Å². The van der Waals surface area contributed by atoms with Gasteiger partial charge in [0.2, 0.25) is 5.92 Å². The van der Waals surface area contributed by atoms with Crippen LogP contribution in [0.25, 0.3) is 0 Å². The molecule has 1 aromatic heterocycles. The summed E-state index contributed by atoms with van der Waals surface area (Å²) in [5.74, 6) is -0.409. The second-order valence-corrected chi connectivity index (χ2v) is 1.90. The summed E-state index contributed by atoms with van der Waals surface area (Å²) in [4.78, 5) is 0. The molecule has 0 atom stereocenters. The highest BCUT2D eigenvalue weighted by molar-refractivity contribution is 5.21. The molecule has 52 valence electrons. The van der Waals surface area contributed by atoms with Gasteiger partial charge in [-0.1, -0.05) is 0 Å². The lowest BCUT2D eigenvalue weighted by Crippen LogP contribution is -1.89. The zero-order valence-corrected chi connectivity index (χ0v) is 5.69. The number of nitriles is 2. The first-order valence-electron chi connectivity index (χ1n) is 3.04. The molecule has 1 rings (SSSR count). The summed E-state index contributed by atoms with van der Waals surface area (Å²) in [6.07, 6.45) is 1.44. The first-order chi connectivity index (χ1) is 5.38. The molecule has 0 bridgehead atoms. The first-order valence-corrected chi connectivity index (χ1v) is 3.04. The third-order valence-corrected chi connectivity index (χ3v) is 1.20. The van der Waals surface area contributed by atoms with Gasteiger partial charge < -0.3 is 0 Å². The smallest absolute Gasteiger partial charge is 0.218 e. The van der Waals surface area contributed by atoms with Crippen LogP contribution in [0.5, 0.6) is 0 Å². The summed E-state index contributed by atoms with van der Waals surface area (Å²) in [5, 5.41) is 16.9. The molecule has 11 heavy (non-hydrogen) atoms. The van der Waals surface area contributed by atoms with Gasteiger partial charge in [0, 0.05) is 12.1 Å². The van der Waals surface area contributed by atoms with Crippen LogP contribution in [0, 0.1) is 22.7 Å². The van der Waals surface area contributed by atoms with Gasteiger partial charge in [0.15, 0.2) is 0 Å². The minimum absolute atomic E-state index is 0.387. The largest absolute Gasteiger partial charge is 0.360 e. The molecule has 3 nitrogen and oxygen atoms in total. The summed E-state index contributed by atoms with van der Waals surface area (Å²) < 4.78 is 4.93. The number of hydrogen-bond donors (Lipinski definition) is 0. The Kier molecular flexibility index (Phi) is 2.20. The van der Waals surface area contributed by atoms with Crippen LogP contribution in [0.4, 0.5) is 0 Å². The molecule has 0 spiro atoms. The van der Waals surface area contributed by atoms with Gasteiger partial charge in [-0.2, -0.15) is 10.5 Å². The Morgan fingerprint density at radius 2 is 2.00 bits per heavy atom. The Morgan fingerprint density at radius 1 is 1.27 bits per heavy atom. The molecule has 0 radical (unpaired) electrons. The summed E-state index contributed by atoms with van der Waals surface area (Å²) in [5.41, 5.74) is 0. The van der Waals surface area contributed by atoms with Crippen molar-refractivity contribution in [2.75, 3.05) is 0 Å². The van der Waals surface area contributed by atoms with Crippen LogP contribution in [0.1, 0.15) is 11.7 Å². The average Bonchev–Trinajstić information content (AvgIpc) is 2.09. The molecular weight excluding hydrogens is 140 g/mol. The Labute approximate surface area is 64.1 Å². The van der Waals surface area contributed by atoms with Crippen LogP contribution in [0.15, 0.2) is 28.9 Å². The van der Waals surface area contributed by atoms with Crippen molar-refractivity contribution in [2.45, 2.75) is 5.92 Å². The van der Waals surface area contributed by atoms with Crippen molar-refractivity contribution in [3.63, 3.8) is 0 Å². The molecule has 0 unspecified atom stereocenters. The van der Waals surface area contributed by atoms with E-state index in [1.807, 2.05) is 12.1 Å². The fourth-order valence-corrected chi connectivity index (χ4v) is 0.673. The van der Waals surface area contributed by atoms with Gasteiger partial charge in [0.1, 0.15) is 0 Å². The van der Waals surface area contributed by atoms with Crippen LogP contribution >= 0.6 is 0 Å². The van der Waals surface area contributed by atoms with E-state index in [9.17, 15) is 0 Å². The monoisotopic (exact) mass is 145 g/mol. The Morgan fingerprint density at radius 3 is 2.45 bits per heavy atom. The highest BCUT2D eigenvalue weighted by atomic mass is 16.3. The molecule has 0 amide bonds. The van der Waals surface area contributed by atoms with Gasteiger partial charge in [-0.05, 0) is 6.07 Å². The molecule has 0 N–H and O–H groups in total. The maximum Gasteiger partial charge on any atom is 0.360 e. The molecule has 0 aliphatic carbocycles. The fourth-order valence-electron chi connectivity index (χ4n) is 0.673. The number of hydrogen-bond acceptors (Lipinski definition) is 2. The standard InChI is InChI=1S/C8H5N2O/c9-5-7(6-10)8-3-1-2-4-11-8/h1-4,7H/q+1. The second kappa shape index (κ2) is 3.34. The van der Waals surface area contributed by atoms with Gasteiger partial charge in [-0.15, -0.1) is 0 Å². The average molecular weight is 145 g/mol. The molecule has 0 aliphatic heterocycles. The van der Waals surface area contributed by atoms with Crippen LogP contribution in [0.2, 0.25) is 0 Å². The van der Waals surface area contributed by atoms with Crippen molar-refractivity contribution < 1.29 is 4.42 Å². The summed E-state index contributed by atoms with van der Waals surface area (Å²) in [6, 6.07) is 8.65. The summed E-state index contributed by atoms with van der Waals surface area (Å²) in [6.45, 7) is 0. The Bertz CT molecular complexity index is 293. The van der Waals surface area contributed by atoms with E-state index < -0.39 is 5.92 Å². The highest BCUT2D eigenvalue weighted by Crippen LogP contribution is 2.11. The Hall–Kier alpha value is -1.87. The predicted molar refractivity (Wildman–Crippen MR) is 37.1 cm³/mol. The van der Waals surface area contributed by atoms with Crippen molar-refractivity contribution in [3.05, 3.63) is 30.2 Å². The molecular formula is C8H5N2O+. The number of nitrogens with zero attached hydrogens (tertiary/aromatic N) is 2. The van der Waals surface area contributed by atoms with Gasteiger partial charge in [0.05, 0.1) is 12.1 Å². The van der Waals surface area contributed by atoms with Gasteiger partial charge in [0.25, 0.3) is 0 Å². The first kappa shape index (κ1) is 7.24. The van der Waals surface area contributed by atoms with Crippen molar-refractivity contribution in [1.29, 1.82) is 10.5 Å². The third-order valence-electron chi connectivity index (χ3n) is 1.20. The van der Waals surface area contributed by atoms with Crippen molar-refractivity contribution in [3.8, 4) is 12.1 Å². The SMILES string of the molecule is N#CC(C#N)c1cccc[o+]1. The molecule has 0 saturated heterocycles. The lowest BCUT2D eigenvalue weighted by Gasteiger charge is -1.83. The summed E-state index contributed by atoms with van der Waals surface area (Å²) >= 11 is 0. The minimum atomic E-state index is -0.795. The van der Waals surface area contributed by atoms with Crippen molar-refractivity contribution in [1.82, 2.24) is 0 Å². The van der Waals surface area contributed by atoms with E-state index in [-0.39, 0.29) is 0 Å². The minimum Gasteiger partial charge on any atom is -0.218 e. The highest BCUT2D eigenvalue weighted by Gasteiger charge is 2.19. The van der Waals surface area contributed by atoms with Crippen LogP contribution < -0.4 is 0 Å². The van der Waals surface area contributed by atoms with E-state index in [1.165, 1.54) is 6.26 Å². The maximum atomic E-state index is 8.45. The van der Waals surface area contributed by atoms with E-state index in [1.54, 1.807) is 18.2 Å². The lowest BCUT2D eigenvalue weighted by atomic mass is 10.1. The molecule has 1 aromatic rings. The van der Waals surface area contributed by atoms with Crippen LogP contribution in [0.3, 0.4) is 0 Å². The molecule has 0 aliphatic rings. The van der Waals surface area contributed by atoms with E-state index in [2.05, 4.69) is 0 Å². The van der Waals surface area contributed by atoms with E-state index in [0.29, 0.717) is 5.76 Å². The maximum absolute atomic E-state index is 8.45. The molecule has 1 heterocycles. The third kappa shape index (κ3) is 1.53. The summed E-state index contributed by atoms with van der Waals surface area (Å²) in [7, 11) is 0. The lowest BCUT2D eigenvalue weighted by molar-refractivity contribution is 0.496. The molecule has 0 saturated carbocycles. The molecule has 0 aromatic carbocycles. The van der Waals surface area contributed by atoms with Gasteiger partial charge in [-0.3, -0.25) is 0 Å². The second-order valence-electron chi connectivity index (χ2n) is 1.90. The van der Waals surface area contributed by atoms with E-state index in [0.717, 1.165) is 0 Å². The molecule has 3 heteroatoms. The Balaban J connectivity index is 2.96. The van der Waals surface area contributed by atoms with Gasteiger partial charge in [-0.25, -0.2) is 4.42 Å². The van der Waals surface area contributed by atoms with Crippen LogP contribution in [-0.2, 0) is 0 Å². The zero-order valence-electron chi connectivity index (χ0n) is 5.69. The predicted octanol–water partition coefficient (Wildman–Crippen LogP) is 1.69. The molecule has 0 fully saturated rings. The normalized spacial score (nSPS) is 8.64. The quantitative estimate of drug-likeness (QED) is 0.565. The van der Waals surface area contributed by atoms with E-state index >= 15 is 0 Å². The van der Waals surface area contributed by atoms with E-state index in [4.69, 9.17) is 14.9 Å². The van der Waals surface area contributed by atoms with Crippen molar-refractivity contribution >= 4 is 0 Å². The zero-order chi connectivity index (χ0) is 8.10. The fraction of sp³-hybridized carbons (Fsp3) is 0.125.